The number of sulfonamides is 1. The number of nitrogens with one attached hydrogen (secondary N) is 2. The van der Waals surface area contributed by atoms with Gasteiger partial charge in [-0.15, -0.1) is 0 Å². The van der Waals surface area contributed by atoms with Gasteiger partial charge in [-0.1, -0.05) is 18.2 Å². The standard InChI is InChI=1S/C23H26N2O4S2/c1-16-6-7-17(2)21(13-16)25-31(27,28)22-14-19(9-8-18(22)3)23(26)24-10-12-30-15-20-5-4-11-29-20/h4-9,11,13-14,25H,10,12,15H2,1-3H3,(H,24,26). The Morgan fingerprint density at radius 2 is 1.81 bits per heavy atom. The molecule has 3 rings (SSSR count). The monoisotopic (exact) mass is 458 g/mol. The van der Waals surface area contributed by atoms with Crippen molar-refractivity contribution in [3.8, 4) is 0 Å². The maximum absolute atomic E-state index is 13.0. The minimum absolute atomic E-state index is 0.0910. The summed E-state index contributed by atoms with van der Waals surface area (Å²) in [6.07, 6.45) is 1.63. The number of hydrogen-bond acceptors (Lipinski definition) is 5. The molecule has 0 radical (unpaired) electrons. The van der Waals surface area contributed by atoms with Crippen LogP contribution in [0, 0.1) is 20.8 Å². The molecule has 0 spiro atoms. The minimum atomic E-state index is -3.84. The maximum atomic E-state index is 13.0. The molecular weight excluding hydrogens is 432 g/mol. The second kappa shape index (κ2) is 10.1. The Bertz CT molecular complexity index is 1160. The third-order valence-electron chi connectivity index (χ3n) is 4.73. The smallest absolute Gasteiger partial charge is 0.262 e. The highest BCUT2D eigenvalue weighted by Gasteiger charge is 2.20. The molecule has 0 aliphatic carbocycles. The van der Waals surface area contributed by atoms with Crippen molar-refractivity contribution < 1.29 is 17.6 Å². The van der Waals surface area contributed by atoms with Crippen molar-refractivity contribution in [2.24, 2.45) is 0 Å². The number of aryl methyl sites for hydroxylation is 3. The first kappa shape index (κ1) is 23.0. The summed E-state index contributed by atoms with van der Waals surface area (Å²) < 4.78 is 34.0. The van der Waals surface area contributed by atoms with Crippen molar-refractivity contribution >= 4 is 33.4 Å². The molecule has 164 valence electrons. The molecule has 6 nitrogen and oxygen atoms in total. The summed E-state index contributed by atoms with van der Waals surface area (Å²) in [6, 6.07) is 14.1. The minimum Gasteiger partial charge on any atom is -0.468 e. The lowest BCUT2D eigenvalue weighted by Gasteiger charge is -2.14. The molecule has 8 heteroatoms. The van der Waals surface area contributed by atoms with E-state index in [2.05, 4.69) is 10.0 Å². The lowest BCUT2D eigenvalue weighted by molar-refractivity contribution is 0.0956. The van der Waals surface area contributed by atoms with Crippen LogP contribution < -0.4 is 10.0 Å². The van der Waals surface area contributed by atoms with Crippen molar-refractivity contribution in [1.82, 2.24) is 5.32 Å². The zero-order chi connectivity index (χ0) is 22.4. The number of hydrogen-bond donors (Lipinski definition) is 2. The van der Waals surface area contributed by atoms with Gasteiger partial charge in [0.1, 0.15) is 5.76 Å². The quantitative estimate of drug-likeness (QED) is 0.455. The predicted octanol–water partition coefficient (Wildman–Crippen LogP) is 4.67. The Morgan fingerprint density at radius 3 is 2.55 bits per heavy atom. The number of carbonyl (C=O) groups excluding carboxylic acids is 1. The molecule has 2 N–H and O–H groups in total. The average Bonchev–Trinajstić information content (AvgIpc) is 3.24. The van der Waals surface area contributed by atoms with Crippen LogP contribution in [0.15, 0.2) is 64.1 Å². The molecule has 1 aromatic heterocycles. The van der Waals surface area contributed by atoms with Crippen LogP contribution in [0.2, 0.25) is 0 Å². The highest BCUT2D eigenvalue weighted by atomic mass is 32.2. The van der Waals surface area contributed by atoms with Crippen LogP contribution in [-0.4, -0.2) is 26.6 Å². The predicted molar refractivity (Wildman–Crippen MR) is 125 cm³/mol. The van der Waals surface area contributed by atoms with Crippen molar-refractivity contribution in [2.45, 2.75) is 31.4 Å². The molecule has 0 aliphatic heterocycles. The van der Waals surface area contributed by atoms with Crippen LogP contribution in [0.4, 0.5) is 5.69 Å². The van der Waals surface area contributed by atoms with E-state index in [4.69, 9.17) is 4.42 Å². The highest BCUT2D eigenvalue weighted by Crippen LogP contribution is 2.24. The van der Waals surface area contributed by atoms with Crippen LogP contribution in [0.3, 0.4) is 0 Å². The van der Waals surface area contributed by atoms with E-state index in [0.29, 0.717) is 23.4 Å². The second-order valence-corrected chi connectivity index (χ2v) is 10.0. The lowest BCUT2D eigenvalue weighted by Crippen LogP contribution is -2.26. The van der Waals surface area contributed by atoms with Gasteiger partial charge in [0.05, 0.1) is 22.6 Å². The van der Waals surface area contributed by atoms with Gasteiger partial charge in [-0.05, 0) is 67.8 Å². The average molecular weight is 459 g/mol. The first-order chi connectivity index (χ1) is 14.8. The van der Waals surface area contributed by atoms with E-state index >= 15 is 0 Å². The van der Waals surface area contributed by atoms with E-state index in [1.54, 1.807) is 43.1 Å². The molecule has 0 fully saturated rings. The molecule has 31 heavy (non-hydrogen) atoms. The zero-order valence-electron chi connectivity index (χ0n) is 17.8. The number of amides is 1. The third kappa shape index (κ3) is 6.15. The molecule has 0 unspecified atom stereocenters. The van der Waals surface area contributed by atoms with E-state index in [9.17, 15) is 13.2 Å². The number of benzene rings is 2. The Kier molecular flexibility index (Phi) is 7.46. The summed E-state index contributed by atoms with van der Waals surface area (Å²) >= 11 is 1.65. The fourth-order valence-electron chi connectivity index (χ4n) is 2.98. The van der Waals surface area contributed by atoms with Crippen LogP contribution in [0.1, 0.15) is 32.8 Å². The fraction of sp³-hybridized carbons (Fsp3) is 0.261. The van der Waals surface area contributed by atoms with E-state index in [1.807, 2.05) is 38.1 Å². The van der Waals surface area contributed by atoms with Gasteiger partial charge < -0.3 is 9.73 Å². The van der Waals surface area contributed by atoms with E-state index < -0.39 is 10.0 Å². The van der Waals surface area contributed by atoms with Gasteiger partial charge >= 0.3 is 0 Å². The number of thioether (sulfide) groups is 1. The Morgan fingerprint density at radius 1 is 1.03 bits per heavy atom. The van der Waals surface area contributed by atoms with Crippen molar-refractivity contribution in [2.75, 3.05) is 17.0 Å². The first-order valence-electron chi connectivity index (χ1n) is 9.85. The molecule has 1 heterocycles. The topological polar surface area (TPSA) is 88.4 Å². The summed E-state index contributed by atoms with van der Waals surface area (Å²) in [4.78, 5) is 12.6. The molecule has 0 aliphatic rings. The molecule has 0 saturated heterocycles. The van der Waals surface area contributed by atoms with Gasteiger partial charge in [-0.3, -0.25) is 9.52 Å². The molecule has 2 aromatic carbocycles. The summed E-state index contributed by atoms with van der Waals surface area (Å²) in [5.74, 6) is 2.04. The van der Waals surface area contributed by atoms with E-state index in [-0.39, 0.29) is 10.8 Å². The third-order valence-corrected chi connectivity index (χ3v) is 7.22. The van der Waals surface area contributed by atoms with Crippen LogP contribution in [0.25, 0.3) is 0 Å². The Hall–Kier alpha value is -2.71. The normalized spacial score (nSPS) is 11.3. The first-order valence-corrected chi connectivity index (χ1v) is 12.5. The lowest BCUT2D eigenvalue weighted by atomic mass is 10.1. The summed E-state index contributed by atoms with van der Waals surface area (Å²) in [7, 11) is -3.84. The maximum Gasteiger partial charge on any atom is 0.262 e. The Labute approximate surface area is 187 Å². The molecule has 0 bridgehead atoms. The van der Waals surface area contributed by atoms with Gasteiger partial charge in [-0.2, -0.15) is 11.8 Å². The van der Waals surface area contributed by atoms with Gasteiger partial charge in [0.2, 0.25) is 0 Å². The van der Waals surface area contributed by atoms with Gasteiger partial charge in [0.25, 0.3) is 15.9 Å². The molecule has 3 aromatic rings. The zero-order valence-corrected chi connectivity index (χ0v) is 19.4. The largest absolute Gasteiger partial charge is 0.468 e. The van der Waals surface area contributed by atoms with Crippen LogP contribution >= 0.6 is 11.8 Å². The molecule has 0 atom stereocenters. The van der Waals surface area contributed by atoms with Crippen LogP contribution in [0.5, 0.6) is 0 Å². The molecule has 0 saturated carbocycles. The second-order valence-electron chi connectivity index (χ2n) is 7.29. The van der Waals surface area contributed by atoms with Crippen molar-refractivity contribution in [1.29, 1.82) is 0 Å². The van der Waals surface area contributed by atoms with Crippen LogP contribution in [-0.2, 0) is 15.8 Å². The number of carbonyl (C=O) groups is 1. The van der Waals surface area contributed by atoms with Crippen molar-refractivity contribution in [3.63, 3.8) is 0 Å². The molecular formula is C23H26N2O4S2. The van der Waals surface area contributed by atoms with Gasteiger partial charge in [0, 0.05) is 17.9 Å². The summed E-state index contributed by atoms with van der Waals surface area (Å²) in [5, 5.41) is 2.84. The summed E-state index contributed by atoms with van der Waals surface area (Å²) in [6.45, 7) is 5.93. The fourth-order valence-corrected chi connectivity index (χ4v) is 5.13. The summed E-state index contributed by atoms with van der Waals surface area (Å²) in [5.41, 5.74) is 3.19. The van der Waals surface area contributed by atoms with Gasteiger partial charge in [-0.25, -0.2) is 8.42 Å². The number of anilines is 1. The van der Waals surface area contributed by atoms with Gasteiger partial charge in [0.15, 0.2) is 0 Å². The number of rotatable bonds is 9. The van der Waals surface area contributed by atoms with Crippen molar-refractivity contribution in [3.05, 3.63) is 82.8 Å². The highest BCUT2D eigenvalue weighted by molar-refractivity contribution is 7.98. The number of furan rings is 1. The van der Waals surface area contributed by atoms with E-state index in [0.717, 1.165) is 28.4 Å². The molecule has 1 amide bonds. The Balaban J connectivity index is 1.65. The van der Waals surface area contributed by atoms with E-state index in [1.165, 1.54) is 6.07 Å². The SMILES string of the molecule is Cc1ccc(C)c(NS(=O)(=O)c2cc(C(=O)NCCSCc3ccco3)ccc2C)c1.